The van der Waals surface area contributed by atoms with Gasteiger partial charge < -0.3 is 25.2 Å². The Morgan fingerprint density at radius 2 is 1.93 bits per heavy atom. The molecule has 1 saturated heterocycles. The first-order chi connectivity index (χ1) is 6.49. The Bertz CT molecular complexity index is 216. The number of rotatable bonds is 2. The van der Waals surface area contributed by atoms with Crippen molar-refractivity contribution in [2.24, 2.45) is 0 Å². The zero-order chi connectivity index (χ0) is 10.9. The van der Waals surface area contributed by atoms with Crippen LogP contribution in [0.1, 0.15) is 6.92 Å². The van der Waals surface area contributed by atoms with E-state index in [9.17, 15) is 20.1 Å². The Kier molecular flexibility index (Phi) is 3.57. The van der Waals surface area contributed by atoms with E-state index in [1.165, 1.54) is 0 Å². The van der Waals surface area contributed by atoms with Crippen molar-refractivity contribution < 1.29 is 30.0 Å². The smallest absolute Gasteiger partial charge is 0.193 e. The van der Waals surface area contributed by atoms with Gasteiger partial charge in [0.05, 0.1) is 6.61 Å². The first-order valence-corrected chi connectivity index (χ1v) is 4.18. The normalized spacial score (nSPS) is 39.8. The van der Waals surface area contributed by atoms with Gasteiger partial charge in [-0.1, -0.05) is 0 Å². The van der Waals surface area contributed by atoms with Gasteiger partial charge in [-0.15, -0.1) is 0 Å². The molecule has 0 spiro atoms. The molecule has 0 aromatic rings. The van der Waals surface area contributed by atoms with Crippen molar-refractivity contribution >= 4 is 5.78 Å². The van der Waals surface area contributed by atoms with Gasteiger partial charge in [0.15, 0.2) is 11.9 Å². The summed E-state index contributed by atoms with van der Waals surface area (Å²) in [5.41, 5.74) is 0. The van der Waals surface area contributed by atoms with Gasteiger partial charge in [0.2, 0.25) is 0 Å². The first kappa shape index (κ1) is 11.5. The monoisotopic (exact) mass is 205 g/mol. The molecule has 4 atom stereocenters. The Labute approximate surface area is 80.7 Å². The largest absolute Gasteiger partial charge is 0.394 e. The maximum absolute atomic E-state index is 10.9. The predicted molar refractivity (Wildman–Crippen MR) is 43.9 cm³/mol. The molecule has 0 aromatic heterocycles. The van der Waals surface area contributed by atoms with Crippen LogP contribution in [-0.2, 0) is 9.53 Å². The van der Waals surface area contributed by atoms with Gasteiger partial charge in [0.1, 0.15) is 24.4 Å². The molecule has 14 heavy (non-hydrogen) atoms. The number of hydrogen-bond donors (Lipinski definition) is 4. The molecule has 1 radical (unpaired) electrons. The Morgan fingerprint density at radius 3 is 2.36 bits per heavy atom. The molecule has 4 N–H and O–H groups in total. The van der Waals surface area contributed by atoms with E-state index >= 15 is 0 Å². The summed E-state index contributed by atoms with van der Waals surface area (Å²) in [6.07, 6.45) is -5.86. The third-order valence-corrected chi connectivity index (χ3v) is 2.13. The van der Waals surface area contributed by atoms with Crippen LogP contribution in [0.5, 0.6) is 0 Å². The lowest BCUT2D eigenvalue weighted by atomic mass is 9.93. The number of aliphatic hydroxyl groups excluding tert-OH is 4. The summed E-state index contributed by atoms with van der Waals surface area (Å²) in [4.78, 5) is 10.9. The molecule has 0 unspecified atom stereocenters. The van der Waals surface area contributed by atoms with E-state index in [-0.39, 0.29) is 6.10 Å². The minimum atomic E-state index is -1.54. The zero-order valence-corrected chi connectivity index (χ0v) is 7.62. The molecular formula is C8H13O6. The second-order valence-electron chi connectivity index (χ2n) is 3.19. The summed E-state index contributed by atoms with van der Waals surface area (Å²) in [6.45, 7) is 0.624. The van der Waals surface area contributed by atoms with Crippen LogP contribution < -0.4 is 0 Å². The first-order valence-electron chi connectivity index (χ1n) is 4.18. The molecule has 81 valence electrons. The second kappa shape index (κ2) is 4.33. The van der Waals surface area contributed by atoms with E-state index in [4.69, 9.17) is 9.84 Å². The maximum Gasteiger partial charge on any atom is 0.193 e. The quantitative estimate of drug-likeness (QED) is 0.399. The molecule has 0 bridgehead atoms. The lowest BCUT2D eigenvalue weighted by molar-refractivity contribution is -0.192. The Morgan fingerprint density at radius 1 is 1.36 bits per heavy atom. The number of carbonyl (C=O) groups excluding carboxylic acids is 1. The highest BCUT2D eigenvalue weighted by molar-refractivity contribution is 5.89. The third-order valence-electron chi connectivity index (χ3n) is 2.13. The summed E-state index contributed by atoms with van der Waals surface area (Å²) in [5, 5.41) is 36.7. The molecule has 0 aliphatic carbocycles. The highest BCUT2D eigenvalue weighted by Gasteiger charge is 2.45. The van der Waals surface area contributed by atoms with Crippen molar-refractivity contribution in [3.8, 4) is 0 Å². The minimum Gasteiger partial charge on any atom is -0.394 e. The van der Waals surface area contributed by atoms with Gasteiger partial charge in [-0.2, -0.15) is 0 Å². The molecule has 0 amide bonds. The second-order valence-corrected chi connectivity index (χ2v) is 3.19. The molecule has 1 aliphatic heterocycles. The number of Topliss-reactive ketones (excluding diaryl/α,β-unsaturated/α-hetero) is 1. The van der Waals surface area contributed by atoms with Crippen molar-refractivity contribution in [1.29, 1.82) is 0 Å². The Balaban J connectivity index is 2.78. The highest BCUT2D eigenvalue weighted by atomic mass is 16.5. The lowest BCUT2D eigenvalue weighted by Gasteiger charge is -2.38. The molecule has 0 saturated carbocycles. The molecule has 6 nitrogen and oxygen atoms in total. The average Bonchev–Trinajstić information content (AvgIpc) is 2.14. The summed E-state index contributed by atoms with van der Waals surface area (Å²) < 4.78 is 4.85. The van der Waals surface area contributed by atoms with E-state index in [1.807, 2.05) is 0 Å². The van der Waals surface area contributed by atoms with E-state index in [0.29, 0.717) is 0 Å². The predicted octanol–water partition coefficient (Wildman–Crippen LogP) is -2.42. The molecule has 1 fully saturated rings. The molecule has 1 aliphatic rings. The SMILES string of the molecule is CC(=O)[C]1O[C@H](CO)[C@@H](O)[C@H](O)[C@@H]1O. The van der Waals surface area contributed by atoms with E-state index in [0.717, 1.165) is 6.92 Å². The van der Waals surface area contributed by atoms with Crippen LogP contribution in [0.2, 0.25) is 0 Å². The van der Waals surface area contributed by atoms with Gasteiger partial charge in [0.25, 0.3) is 0 Å². The zero-order valence-electron chi connectivity index (χ0n) is 7.62. The topological polar surface area (TPSA) is 107 Å². The summed E-state index contributed by atoms with van der Waals surface area (Å²) in [6, 6.07) is 0. The van der Waals surface area contributed by atoms with Gasteiger partial charge >= 0.3 is 0 Å². The van der Waals surface area contributed by atoms with Crippen LogP contribution in [0.3, 0.4) is 0 Å². The Hall–Kier alpha value is -0.530. The van der Waals surface area contributed by atoms with Gasteiger partial charge in [-0.05, 0) is 6.92 Å². The van der Waals surface area contributed by atoms with E-state index in [2.05, 4.69) is 0 Å². The molecule has 1 rings (SSSR count). The van der Waals surface area contributed by atoms with Crippen LogP contribution in [0, 0.1) is 6.10 Å². The number of carbonyl (C=O) groups is 1. The molecule has 0 aromatic carbocycles. The van der Waals surface area contributed by atoms with Crippen LogP contribution in [0.25, 0.3) is 0 Å². The van der Waals surface area contributed by atoms with Crippen molar-refractivity contribution in [3.63, 3.8) is 0 Å². The summed E-state index contributed by atoms with van der Waals surface area (Å²) in [5.74, 6) is -0.540. The van der Waals surface area contributed by atoms with Crippen molar-refractivity contribution in [1.82, 2.24) is 0 Å². The fraction of sp³-hybridized carbons (Fsp3) is 0.750. The number of hydrogen-bond acceptors (Lipinski definition) is 6. The third kappa shape index (κ3) is 1.94. The summed E-state index contributed by atoms with van der Waals surface area (Å²) in [7, 11) is 0. The van der Waals surface area contributed by atoms with Gasteiger partial charge in [-0.3, -0.25) is 4.79 Å². The summed E-state index contributed by atoms with van der Waals surface area (Å²) >= 11 is 0. The average molecular weight is 205 g/mol. The van der Waals surface area contributed by atoms with Crippen LogP contribution in [-0.4, -0.2) is 57.2 Å². The number of ether oxygens (including phenoxy) is 1. The molecular weight excluding hydrogens is 192 g/mol. The van der Waals surface area contributed by atoms with Crippen LogP contribution in [0.4, 0.5) is 0 Å². The van der Waals surface area contributed by atoms with Crippen LogP contribution >= 0.6 is 0 Å². The highest BCUT2D eigenvalue weighted by Crippen LogP contribution is 2.26. The lowest BCUT2D eigenvalue weighted by Crippen LogP contribution is -2.56. The van der Waals surface area contributed by atoms with Crippen molar-refractivity contribution in [2.75, 3.05) is 6.61 Å². The van der Waals surface area contributed by atoms with Gasteiger partial charge in [0, 0.05) is 0 Å². The fourth-order valence-corrected chi connectivity index (χ4v) is 1.30. The van der Waals surface area contributed by atoms with E-state index in [1.54, 1.807) is 0 Å². The van der Waals surface area contributed by atoms with Crippen molar-refractivity contribution in [2.45, 2.75) is 31.3 Å². The minimum absolute atomic E-state index is 0.332. The standard InChI is InChI=1S/C8H13O6/c1-3(10)8-7(13)6(12)5(11)4(2-9)14-8/h4-7,9,11-13H,2H2,1H3/t4-,5-,6+,7+/m1/s1. The van der Waals surface area contributed by atoms with Crippen molar-refractivity contribution in [3.05, 3.63) is 6.10 Å². The van der Waals surface area contributed by atoms with Crippen LogP contribution in [0.15, 0.2) is 0 Å². The molecule has 6 heteroatoms. The number of ketones is 1. The fourth-order valence-electron chi connectivity index (χ4n) is 1.30. The molecule has 1 heterocycles. The van der Waals surface area contributed by atoms with E-state index < -0.39 is 36.8 Å². The maximum atomic E-state index is 10.9. The number of aliphatic hydroxyl groups is 4. The van der Waals surface area contributed by atoms with Gasteiger partial charge in [-0.25, -0.2) is 0 Å².